The second-order valence-electron chi connectivity index (χ2n) is 8.84. The number of phenolic OH excluding ortho intramolecular Hbond substituents is 1. The predicted molar refractivity (Wildman–Crippen MR) is 148 cm³/mol. The third kappa shape index (κ3) is 6.22. The van der Waals surface area contributed by atoms with Gasteiger partial charge < -0.3 is 24.1 Å². The van der Waals surface area contributed by atoms with Crippen LogP contribution in [0.3, 0.4) is 0 Å². The number of nitro benzene ring substituents is 1. The van der Waals surface area contributed by atoms with Crippen molar-refractivity contribution in [2.45, 2.75) is 18.4 Å². The number of rotatable bonds is 12. The lowest BCUT2D eigenvalue weighted by molar-refractivity contribution is -0.384. The Morgan fingerprint density at radius 3 is 1.90 bits per heavy atom. The number of nitro groups is 1. The van der Waals surface area contributed by atoms with Crippen LogP contribution in [0.15, 0.2) is 97.1 Å². The molecule has 206 valence electrons. The molecule has 0 radical (unpaired) electrons. The summed E-state index contributed by atoms with van der Waals surface area (Å²) < 4.78 is 22.6. The Morgan fingerprint density at radius 2 is 1.38 bits per heavy atom. The average Bonchev–Trinajstić information content (AvgIpc) is 2.99. The van der Waals surface area contributed by atoms with Gasteiger partial charge in [-0.1, -0.05) is 54.6 Å². The fourth-order valence-corrected chi connectivity index (χ4v) is 4.39. The summed E-state index contributed by atoms with van der Waals surface area (Å²) in [7, 11) is 3.21. The number of esters is 1. The topological polar surface area (TPSA) is 117 Å². The first-order valence-electron chi connectivity index (χ1n) is 12.5. The molecule has 0 atom stereocenters. The van der Waals surface area contributed by atoms with Crippen LogP contribution < -0.4 is 14.2 Å². The van der Waals surface area contributed by atoms with E-state index in [0.29, 0.717) is 11.5 Å². The Labute approximate surface area is 231 Å². The number of benzene rings is 4. The zero-order valence-electron chi connectivity index (χ0n) is 22.1. The van der Waals surface area contributed by atoms with E-state index in [1.54, 1.807) is 14.2 Å². The molecular weight excluding hydrogens is 514 g/mol. The van der Waals surface area contributed by atoms with Gasteiger partial charge in [-0.15, -0.1) is 0 Å². The van der Waals surface area contributed by atoms with Crippen molar-refractivity contribution in [2.24, 2.45) is 0 Å². The van der Waals surface area contributed by atoms with Crippen LogP contribution in [0.1, 0.15) is 29.5 Å². The first-order valence-corrected chi connectivity index (χ1v) is 12.5. The number of hydrogen-bond acceptors (Lipinski definition) is 8. The van der Waals surface area contributed by atoms with Gasteiger partial charge in [-0.05, 0) is 53.4 Å². The molecule has 0 saturated heterocycles. The van der Waals surface area contributed by atoms with Crippen LogP contribution in [-0.2, 0) is 15.1 Å². The number of hydrogen-bond donors (Lipinski definition) is 1. The summed E-state index contributed by atoms with van der Waals surface area (Å²) in [4.78, 5) is 22.9. The van der Waals surface area contributed by atoms with Crippen LogP contribution in [0.5, 0.6) is 23.0 Å². The molecule has 0 amide bonds. The highest BCUT2D eigenvalue weighted by Gasteiger charge is 2.37. The molecule has 4 aromatic carbocycles. The van der Waals surface area contributed by atoms with Crippen molar-refractivity contribution in [2.75, 3.05) is 20.8 Å². The summed E-state index contributed by atoms with van der Waals surface area (Å²) >= 11 is 0. The van der Waals surface area contributed by atoms with Gasteiger partial charge in [-0.2, -0.15) is 0 Å². The van der Waals surface area contributed by atoms with Crippen molar-refractivity contribution in [3.63, 3.8) is 0 Å². The Balaban J connectivity index is 1.59. The van der Waals surface area contributed by atoms with E-state index in [-0.39, 0.29) is 36.6 Å². The van der Waals surface area contributed by atoms with E-state index < -0.39 is 16.5 Å². The monoisotopic (exact) mass is 543 g/mol. The van der Waals surface area contributed by atoms with Crippen LogP contribution in [-0.4, -0.2) is 36.8 Å². The molecule has 0 aliphatic heterocycles. The normalized spacial score (nSPS) is 11.1. The Bertz CT molecular complexity index is 1390. The molecule has 4 aromatic rings. The molecule has 0 bridgehead atoms. The number of carbonyl (C=O) groups excluding carboxylic acids is 1. The van der Waals surface area contributed by atoms with E-state index >= 15 is 0 Å². The van der Waals surface area contributed by atoms with Gasteiger partial charge in [0.15, 0.2) is 11.5 Å². The molecule has 0 aliphatic rings. The first-order chi connectivity index (χ1) is 19.4. The molecule has 9 heteroatoms. The maximum atomic E-state index is 12.5. The largest absolute Gasteiger partial charge is 0.504 e. The van der Waals surface area contributed by atoms with Gasteiger partial charge in [-0.25, -0.2) is 0 Å². The number of nitrogens with zero attached hydrogens (tertiary/aromatic N) is 1. The van der Waals surface area contributed by atoms with Gasteiger partial charge in [0.25, 0.3) is 5.69 Å². The molecule has 4 rings (SSSR count). The predicted octanol–water partition coefficient (Wildman–Crippen LogP) is 6.01. The molecule has 40 heavy (non-hydrogen) atoms. The number of carbonyl (C=O) groups is 1. The highest BCUT2D eigenvalue weighted by atomic mass is 16.6. The van der Waals surface area contributed by atoms with Gasteiger partial charge in [0, 0.05) is 19.1 Å². The van der Waals surface area contributed by atoms with Crippen molar-refractivity contribution in [1.82, 2.24) is 0 Å². The number of phenols is 1. The maximum Gasteiger partial charge on any atom is 0.311 e. The molecule has 0 unspecified atom stereocenters. The summed E-state index contributed by atoms with van der Waals surface area (Å²) in [6, 6.07) is 28.2. The van der Waals surface area contributed by atoms with Gasteiger partial charge in [0.2, 0.25) is 0 Å². The van der Waals surface area contributed by atoms with E-state index in [9.17, 15) is 20.0 Å². The highest BCUT2D eigenvalue weighted by molar-refractivity contribution is 5.73. The standard InChI is InChI=1S/C31H29NO8/c1-37-26-15-10-23(11-16-26)31(22-7-4-3-5-8-22,24-12-17-27(38-2)18-13-24)39-20-6-9-30(34)40-29-21-25(32(35)36)14-19-28(29)33/h3-5,7-8,10-19,21,33H,6,9,20H2,1-2H3. The third-order valence-electron chi connectivity index (χ3n) is 6.40. The van der Waals surface area contributed by atoms with E-state index in [0.717, 1.165) is 34.9 Å². The van der Waals surface area contributed by atoms with E-state index in [1.165, 1.54) is 0 Å². The summed E-state index contributed by atoms with van der Waals surface area (Å²) in [6.45, 7) is 0.170. The Hall–Kier alpha value is -4.89. The third-order valence-corrected chi connectivity index (χ3v) is 6.40. The molecular formula is C31H29NO8. The molecule has 1 N–H and O–H groups in total. The van der Waals surface area contributed by atoms with Gasteiger partial charge in [0.1, 0.15) is 17.1 Å². The number of aromatic hydroxyl groups is 1. The number of non-ortho nitro benzene ring substituents is 1. The fourth-order valence-electron chi connectivity index (χ4n) is 4.39. The van der Waals surface area contributed by atoms with Crippen molar-refractivity contribution < 1.29 is 33.8 Å². The molecule has 0 fully saturated rings. The maximum absolute atomic E-state index is 12.5. The molecule has 9 nitrogen and oxygen atoms in total. The lowest BCUT2D eigenvalue weighted by Crippen LogP contribution is -2.33. The molecule has 0 aliphatic carbocycles. The summed E-state index contributed by atoms with van der Waals surface area (Å²) in [5.41, 5.74) is 1.27. The Kier molecular flexibility index (Phi) is 8.98. The van der Waals surface area contributed by atoms with Crippen molar-refractivity contribution in [3.8, 4) is 23.0 Å². The quantitative estimate of drug-likeness (QED) is 0.0576. The van der Waals surface area contributed by atoms with Crippen LogP contribution in [0.4, 0.5) is 5.69 Å². The van der Waals surface area contributed by atoms with Crippen LogP contribution in [0.2, 0.25) is 0 Å². The van der Waals surface area contributed by atoms with Crippen LogP contribution in [0.25, 0.3) is 0 Å². The van der Waals surface area contributed by atoms with Gasteiger partial charge in [-0.3, -0.25) is 14.9 Å². The van der Waals surface area contributed by atoms with E-state index in [4.69, 9.17) is 18.9 Å². The highest BCUT2D eigenvalue weighted by Crippen LogP contribution is 2.42. The lowest BCUT2D eigenvalue weighted by Gasteiger charge is -2.36. The zero-order valence-corrected chi connectivity index (χ0v) is 22.1. The molecule has 0 aromatic heterocycles. The number of ether oxygens (including phenoxy) is 4. The first kappa shape index (κ1) is 28.1. The van der Waals surface area contributed by atoms with Crippen LogP contribution >= 0.6 is 0 Å². The molecule has 0 heterocycles. The summed E-state index contributed by atoms with van der Waals surface area (Å²) in [6.07, 6.45) is 0.244. The molecule has 0 saturated carbocycles. The SMILES string of the molecule is COc1ccc(C(OCCCC(=O)Oc2cc([N+](=O)[O-])ccc2O)(c2ccccc2)c2ccc(OC)cc2)cc1. The smallest absolute Gasteiger partial charge is 0.311 e. The van der Waals surface area contributed by atoms with E-state index in [2.05, 4.69) is 0 Å². The van der Waals surface area contributed by atoms with Crippen LogP contribution in [0, 0.1) is 10.1 Å². The fraction of sp³-hybridized carbons (Fsp3) is 0.194. The van der Waals surface area contributed by atoms with Gasteiger partial charge in [0.05, 0.1) is 25.2 Å². The minimum Gasteiger partial charge on any atom is -0.504 e. The molecule has 0 spiro atoms. The second-order valence-corrected chi connectivity index (χ2v) is 8.84. The second kappa shape index (κ2) is 12.8. The average molecular weight is 544 g/mol. The van der Waals surface area contributed by atoms with Crippen molar-refractivity contribution >= 4 is 11.7 Å². The Morgan fingerprint density at radius 1 is 0.825 bits per heavy atom. The lowest BCUT2D eigenvalue weighted by atomic mass is 9.80. The minimum absolute atomic E-state index is 0.0434. The van der Waals surface area contributed by atoms with Crippen molar-refractivity contribution in [1.29, 1.82) is 0 Å². The summed E-state index contributed by atoms with van der Waals surface area (Å²) in [5, 5.41) is 21.0. The zero-order chi connectivity index (χ0) is 28.5. The van der Waals surface area contributed by atoms with E-state index in [1.807, 2.05) is 78.9 Å². The number of methoxy groups -OCH3 is 2. The van der Waals surface area contributed by atoms with Crippen molar-refractivity contribution in [3.05, 3.63) is 124 Å². The minimum atomic E-state index is -1.03. The summed E-state index contributed by atoms with van der Waals surface area (Å²) in [5.74, 6) is 0.117. The van der Waals surface area contributed by atoms with Gasteiger partial charge >= 0.3 is 5.97 Å².